The first-order valence-corrected chi connectivity index (χ1v) is 14.1. The summed E-state index contributed by atoms with van der Waals surface area (Å²) in [5.74, 6) is 1.87. The predicted molar refractivity (Wildman–Crippen MR) is 150 cm³/mol. The number of anilines is 1. The van der Waals surface area contributed by atoms with Crippen molar-refractivity contribution in [2.24, 2.45) is 11.8 Å². The van der Waals surface area contributed by atoms with E-state index in [-0.39, 0.29) is 30.0 Å². The van der Waals surface area contributed by atoms with Crippen LogP contribution in [0.15, 0.2) is 48.3 Å². The molecule has 0 N–H and O–H groups in total. The Hall–Kier alpha value is -3.61. The van der Waals surface area contributed by atoms with Gasteiger partial charge in [-0.05, 0) is 76.6 Å². The quantitative estimate of drug-likeness (QED) is 0.250. The maximum atomic E-state index is 13.7. The molecular weight excluding hydrogens is 498 g/mol. The lowest BCUT2D eigenvalue weighted by Crippen LogP contribution is -2.43. The zero-order valence-corrected chi connectivity index (χ0v) is 23.1. The van der Waals surface area contributed by atoms with Crippen LogP contribution in [0.4, 0.5) is 5.82 Å². The molecule has 0 spiro atoms. The van der Waals surface area contributed by atoms with Gasteiger partial charge in [0, 0.05) is 23.7 Å². The van der Waals surface area contributed by atoms with Crippen molar-refractivity contribution in [3.63, 3.8) is 0 Å². The fourth-order valence-corrected chi connectivity index (χ4v) is 5.86. The lowest BCUT2D eigenvalue weighted by molar-refractivity contribution is -0.124. The molecule has 1 saturated carbocycles. The molecule has 2 aromatic heterocycles. The third-order valence-corrected chi connectivity index (χ3v) is 8.14. The molecule has 3 aromatic rings. The van der Waals surface area contributed by atoms with Crippen molar-refractivity contribution in [3.05, 3.63) is 64.3 Å². The zero-order valence-electron chi connectivity index (χ0n) is 22.3. The summed E-state index contributed by atoms with van der Waals surface area (Å²) in [4.78, 5) is 29.3. The minimum Gasteiger partial charge on any atom is -0.462 e. The number of nitrogens with zero attached hydrogens (tertiary/aromatic N) is 3. The van der Waals surface area contributed by atoms with Gasteiger partial charge in [-0.3, -0.25) is 9.69 Å². The van der Waals surface area contributed by atoms with E-state index in [1.54, 1.807) is 22.7 Å². The Morgan fingerprint density at radius 2 is 1.95 bits per heavy atom. The number of benzene rings is 1. The number of amides is 1. The second-order valence-electron chi connectivity index (χ2n) is 10.2. The number of rotatable bonds is 7. The maximum Gasteiger partial charge on any atom is 0.343 e. The Morgan fingerprint density at radius 3 is 2.68 bits per heavy atom. The fraction of sp³-hybridized carbons (Fsp3) is 0.400. The Bertz CT molecular complexity index is 1400. The molecule has 0 atom stereocenters. The molecule has 7 nitrogen and oxygen atoms in total. The van der Waals surface area contributed by atoms with E-state index < -0.39 is 5.97 Å². The molecule has 0 unspecified atom stereocenters. The van der Waals surface area contributed by atoms with Crippen molar-refractivity contribution in [1.82, 2.24) is 9.78 Å². The summed E-state index contributed by atoms with van der Waals surface area (Å²) in [5, 5.41) is 5.57. The molecule has 8 heteroatoms. The summed E-state index contributed by atoms with van der Waals surface area (Å²) in [7, 11) is 0. The zero-order chi connectivity index (χ0) is 26.8. The van der Waals surface area contributed by atoms with Crippen molar-refractivity contribution in [1.29, 1.82) is 0 Å². The molecule has 3 heterocycles. The van der Waals surface area contributed by atoms with Gasteiger partial charge in [0.1, 0.15) is 16.3 Å². The van der Waals surface area contributed by atoms with Gasteiger partial charge in [-0.25, -0.2) is 9.48 Å². The van der Waals surface area contributed by atoms with Crippen molar-refractivity contribution in [2.45, 2.75) is 59.4 Å². The summed E-state index contributed by atoms with van der Waals surface area (Å²) in [6, 6.07) is 11.5. The Morgan fingerprint density at radius 1 is 1.18 bits per heavy atom. The van der Waals surface area contributed by atoms with E-state index in [9.17, 15) is 9.59 Å². The number of hydrogen-bond acceptors (Lipinski definition) is 6. The lowest BCUT2D eigenvalue weighted by atomic mass is 9.82. The standard InChI is InChI=1S/C30H33N3O4S/c1-5-36-30(35)23-18-32(31-28(23)33(19(2)3)29(34)22-12-10-20(4)11-13-22)27-17-16-26(38-27)25-15-14-21-8-6-7-9-24(21)37-25/h6-9,14,16-20,22H,5,10-13H2,1-4H3/t20-,22-. The molecular formula is C30H33N3O4S. The van der Waals surface area contributed by atoms with Gasteiger partial charge in [0.15, 0.2) is 11.6 Å². The van der Waals surface area contributed by atoms with Crippen LogP contribution in [0.3, 0.4) is 0 Å². The second kappa shape index (κ2) is 11.0. The number of fused-ring (bicyclic) bond motifs is 1. The highest BCUT2D eigenvalue weighted by molar-refractivity contribution is 7.15. The molecule has 0 radical (unpaired) electrons. The van der Waals surface area contributed by atoms with Gasteiger partial charge in [0.2, 0.25) is 5.91 Å². The summed E-state index contributed by atoms with van der Waals surface area (Å²) < 4.78 is 13.1. The van der Waals surface area contributed by atoms with E-state index in [4.69, 9.17) is 14.6 Å². The average Bonchev–Trinajstić information content (AvgIpc) is 3.57. The molecule has 38 heavy (non-hydrogen) atoms. The molecule has 1 fully saturated rings. The highest BCUT2D eigenvalue weighted by Crippen LogP contribution is 2.35. The maximum absolute atomic E-state index is 13.7. The lowest BCUT2D eigenvalue weighted by Gasteiger charge is -2.32. The summed E-state index contributed by atoms with van der Waals surface area (Å²) in [6.07, 6.45) is 7.37. The fourth-order valence-electron chi connectivity index (χ4n) is 4.99. The van der Waals surface area contributed by atoms with Crippen LogP contribution in [-0.4, -0.2) is 34.3 Å². The topological polar surface area (TPSA) is 73.7 Å². The molecule has 1 aliphatic carbocycles. The number of ether oxygens (including phenoxy) is 2. The van der Waals surface area contributed by atoms with E-state index in [0.29, 0.717) is 17.5 Å². The number of esters is 1. The summed E-state index contributed by atoms with van der Waals surface area (Å²) in [6.45, 7) is 8.16. The largest absolute Gasteiger partial charge is 0.462 e. The van der Waals surface area contributed by atoms with Gasteiger partial charge in [0.05, 0.1) is 11.5 Å². The van der Waals surface area contributed by atoms with Crippen molar-refractivity contribution in [3.8, 4) is 10.8 Å². The van der Waals surface area contributed by atoms with Crippen LogP contribution in [0.25, 0.3) is 16.8 Å². The van der Waals surface area contributed by atoms with Crippen molar-refractivity contribution < 1.29 is 19.1 Å². The van der Waals surface area contributed by atoms with Crippen molar-refractivity contribution >= 4 is 40.9 Å². The van der Waals surface area contributed by atoms with E-state index in [1.165, 1.54) is 11.3 Å². The molecule has 0 bridgehead atoms. The first-order valence-electron chi connectivity index (χ1n) is 13.3. The number of hydrogen-bond donors (Lipinski definition) is 0. The number of para-hydroxylation sites is 1. The highest BCUT2D eigenvalue weighted by atomic mass is 32.1. The second-order valence-corrected chi connectivity index (χ2v) is 11.2. The van der Waals surface area contributed by atoms with Crippen LogP contribution in [-0.2, 0) is 9.53 Å². The summed E-state index contributed by atoms with van der Waals surface area (Å²) in [5.41, 5.74) is 4.49. The monoisotopic (exact) mass is 531 g/mol. The normalized spacial score (nSPS) is 18.5. The van der Waals surface area contributed by atoms with Crippen LogP contribution in [0.5, 0.6) is 5.75 Å². The first-order chi connectivity index (χ1) is 18.4. The predicted octanol–water partition coefficient (Wildman–Crippen LogP) is 6.72. The van der Waals surface area contributed by atoms with Crippen molar-refractivity contribution in [2.75, 3.05) is 11.5 Å². The van der Waals surface area contributed by atoms with Crippen LogP contribution in [0.2, 0.25) is 0 Å². The minimum absolute atomic E-state index is 0.0270. The van der Waals surface area contributed by atoms with Crippen LogP contribution < -0.4 is 9.64 Å². The molecule has 2 aliphatic rings. The van der Waals surface area contributed by atoms with Gasteiger partial charge in [-0.1, -0.05) is 30.9 Å². The van der Waals surface area contributed by atoms with E-state index in [2.05, 4.69) is 12.7 Å². The summed E-state index contributed by atoms with van der Waals surface area (Å²) >= 11 is 1.47. The van der Waals surface area contributed by atoms with Crippen LogP contribution >= 0.6 is 11.3 Å². The molecule has 0 saturated heterocycles. The van der Waals surface area contributed by atoms with E-state index in [0.717, 1.165) is 46.9 Å². The van der Waals surface area contributed by atoms with E-state index >= 15 is 0 Å². The number of aromatic nitrogens is 2. The number of carbonyl (C=O) groups is 2. The number of thiophene rings is 1. The molecule has 1 aromatic carbocycles. The van der Waals surface area contributed by atoms with Gasteiger partial charge in [-0.15, -0.1) is 16.4 Å². The molecule has 198 valence electrons. The van der Waals surface area contributed by atoms with Crippen LogP contribution in [0, 0.1) is 11.8 Å². The third-order valence-electron chi connectivity index (χ3n) is 7.07. The Balaban J connectivity index is 1.48. The SMILES string of the molecule is CCOC(=O)c1cn(-c2ccc(C3=C=Cc4ccccc4O3)s2)nc1N(C(=O)[C@H]1CC[C@H](C)CC1)C(C)C. The molecule has 1 amide bonds. The number of carbonyl (C=O) groups excluding carboxylic acids is 2. The van der Waals surface area contributed by atoms with Gasteiger partial charge in [0.25, 0.3) is 0 Å². The first kappa shape index (κ1) is 26.0. The van der Waals surface area contributed by atoms with Gasteiger partial charge < -0.3 is 9.47 Å². The average molecular weight is 532 g/mol. The molecule has 5 rings (SSSR count). The Kier molecular flexibility index (Phi) is 7.54. The minimum atomic E-state index is -0.487. The van der Waals surface area contributed by atoms with Gasteiger partial charge >= 0.3 is 5.97 Å². The van der Waals surface area contributed by atoms with Crippen LogP contribution in [0.1, 0.15) is 74.2 Å². The van der Waals surface area contributed by atoms with Gasteiger partial charge in [-0.2, -0.15) is 0 Å². The smallest absolute Gasteiger partial charge is 0.343 e. The molecule has 1 aliphatic heterocycles. The highest BCUT2D eigenvalue weighted by Gasteiger charge is 2.34. The third kappa shape index (κ3) is 5.19. The Labute approximate surface area is 227 Å². The van der Waals surface area contributed by atoms with E-state index in [1.807, 2.05) is 56.3 Å².